The number of likely N-dealkylation sites (tertiary alicyclic amines) is 1. The lowest BCUT2D eigenvalue weighted by Gasteiger charge is -2.33. The molecule has 0 bridgehead atoms. The highest BCUT2D eigenvalue weighted by atomic mass is 16.5. The number of carboxylic acids is 1. The van der Waals surface area contributed by atoms with E-state index < -0.39 is 11.4 Å². The summed E-state index contributed by atoms with van der Waals surface area (Å²) >= 11 is 0. The van der Waals surface area contributed by atoms with Crippen molar-refractivity contribution < 1.29 is 14.6 Å². The maximum atomic E-state index is 12.3. The van der Waals surface area contributed by atoms with Gasteiger partial charge in [0.1, 0.15) is 17.6 Å². The maximum absolute atomic E-state index is 12.3. The quantitative estimate of drug-likeness (QED) is 0.851. The Morgan fingerprint density at radius 2 is 2.15 bits per heavy atom. The highest BCUT2D eigenvalue weighted by Crippen LogP contribution is 2.45. The molecule has 2 atom stereocenters. The highest BCUT2D eigenvalue weighted by molar-refractivity contribution is 5.78. The van der Waals surface area contributed by atoms with Crippen LogP contribution in [0.3, 0.4) is 0 Å². The van der Waals surface area contributed by atoms with Crippen LogP contribution in [0.4, 0.5) is 5.82 Å². The molecule has 0 spiro atoms. The third-order valence-electron chi connectivity index (χ3n) is 6.35. The Kier molecular flexibility index (Phi) is 4.84. The van der Waals surface area contributed by atoms with E-state index in [1.54, 1.807) is 6.33 Å². The summed E-state index contributed by atoms with van der Waals surface area (Å²) in [5.41, 5.74) is 0.434. The minimum absolute atomic E-state index is 0.146. The molecule has 1 aromatic rings. The second-order valence-corrected chi connectivity index (χ2v) is 7.93. The molecule has 0 unspecified atom stereocenters. The number of nitrogens with zero attached hydrogens (tertiary/aromatic N) is 4. The first-order valence-corrected chi connectivity index (χ1v) is 9.73. The third kappa shape index (κ3) is 2.97. The van der Waals surface area contributed by atoms with Gasteiger partial charge in [-0.25, -0.2) is 9.97 Å². The summed E-state index contributed by atoms with van der Waals surface area (Å²) in [6.07, 6.45) is 7.42. The second kappa shape index (κ2) is 7.12. The zero-order valence-electron chi connectivity index (χ0n) is 15.4. The van der Waals surface area contributed by atoms with E-state index in [1.165, 1.54) is 0 Å². The number of fused-ring (bicyclic) bond motifs is 1. The Hall–Kier alpha value is -1.73. The molecule has 1 aromatic heterocycles. The molecule has 3 aliphatic rings. The summed E-state index contributed by atoms with van der Waals surface area (Å²) < 4.78 is 5.47. The monoisotopic (exact) mass is 360 g/mol. The van der Waals surface area contributed by atoms with E-state index >= 15 is 0 Å². The van der Waals surface area contributed by atoms with E-state index in [4.69, 9.17) is 4.74 Å². The summed E-state index contributed by atoms with van der Waals surface area (Å²) in [7, 11) is 0. The van der Waals surface area contributed by atoms with Gasteiger partial charge in [0, 0.05) is 63.1 Å². The van der Waals surface area contributed by atoms with Crippen LogP contribution < -0.4 is 4.90 Å². The zero-order valence-corrected chi connectivity index (χ0v) is 15.4. The van der Waals surface area contributed by atoms with Crippen molar-refractivity contribution in [3.63, 3.8) is 0 Å². The van der Waals surface area contributed by atoms with Crippen molar-refractivity contribution >= 4 is 11.8 Å². The summed E-state index contributed by atoms with van der Waals surface area (Å²) in [4.78, 5) is 25.6. The standard InChI is InChI=1S/C19H28N4O3/c1-2-3-14-8-20-13-21-17(14)23-10-15-9-22(16-4-6-26-7-5-16)11-19(15,12-23)18(24)25/h8,13,15-16H,2-7,9-12H2,1H3,(H,24,25)/t15-,19-/m0/s1. The van der Waals surface area contributed by atoms with E-state index in [0.717, 1.165) is 63.4 Å². The molecule has 0 aliphatic carbocycles. The Morgan fingerprint density at radius 1 is 1.35 bits per heavy atom. The van der Waals surface area contributed by atoms with Crippen LogP contribution in [-0.4, -0.2) is 71.4 Å². The number of aromatic nitrogens is 2. The summed E-state index contributed by atoms with van der Waals surface area (Å²) in [5.74, 6) is 0.410. The van der Waals surface area contributed by atoms with E-state index in [2.05, 4.69) is 26.7 Å². The largest absolute Gasteiger partial charge is 0.481 e. The van der Waals surface area contributed by atoms with E-state index in [-0.39, 0.29) is 5.92 Å². The number of hydrogen-bond acceptors (Lipinski definition) is 6. The van der Waals surface area contributed by atoms with E-state index in [0.29, 0.717) is 19.1 Å². The summed E-state index contributed by atoms with van der Waals surface area (Å²) in [5, 5.41) is 10.1. The molecule has 142 valence electrons. The van der Waals surface area contributed by atoms with Crippen LogP contribution in [-0.2, 0) is 16.0 Å². The van der Waals surface area contributed by atoms with Crippen LogP contribution in [0.5, 0.6) is 0 Å². The number of aryl methyl sites for hydroxylation is 1. The number of rotatable bonds is 5. The van der Waals surface area contributed by atoms with Gasteiger partial charge in [0.25, 0.3) is 0 Å². The summed E-state index contributed by atoms with van der Waals surface area (Å²) in [6, 6.07) is 0.466. The van der Waals surface area contributed by atoms with E-state index in [1.807, 2.05) is 6.20 Å². The van der Waals surface area contributed by atoms with Gasteiger partial charge in [-0.2, -0.15) is 0 Å². The predicted octanol–water partition coefficient (Wildman–Crippen LogP) is 1.43. The number of ether oxygens (including phenoxy) is 1. The molecule has 3 fully saturated rings. The zero-order chi connectivity index (χ0) is 18.1. The first kappa shape index (κ1) is 17.7. The molecule has 7 heteroatoms. The van der Waals surface area contributed by atoms with Crippen molar-refractivity contribution in [1.29, 1.82) is 0 Å². The molecule has 4 rings (SSSR count). The van der Waals surface area contributed by atoms with Gasteiger partial charge in [0.2, 0.25) is 0 Å². The van der Waals surface area contributed by atoms with Crippen LogP contribution >= 0.6 is 0 Å². The average Bonchev–Trinajstić information content (AvgIpc) is 3.19. The second-order valence-electron chi connectivity index (χ2n) is 7.93. The molecule has 0 radical (unpaired) electrons. The van der Waals surface area contributed by atoms with Crippen molar-refractivity contribution in [3.05, 3.63) is 18.1 Å². The number of hydrogen-bond donors (Lipinski definition) is 1. The fraction of sp³-hybridized carbons (Fsp3) is 0.737. The van der Waals surface area contributed by atoms with Gasteiger partial charge in [-0.1, -0.05) is 13.3 Å². The first-order valence-electron chi connectivity index (χ1n) is 9.73. The van der Waals surface area contributed by atoms with Gasteiger partial charge in [-0.05, 0) is 19.3 Å². The minimum Gasteiger partial charge on any atom is -0.481 e. The Balaban J connectivity index is 1.55. The molecular formula is C19H28N4O3. The molecule has 3 saturated heterocycles. The van der Waals surface area contributed by atoms with Gasteiger partial charge in [0.05, 0.1) is 0 Å². The lowest BCUT2D eigenvalue weighted by atomic mass is 9.81. The summed E-state index contributed by atoms with van der Waals surface area (Å²) in [6.45, 7) is 6.53. The van der Waals surface area contributed by atoms with Gasteiger partial charge < -0.3 is 14.7 Å². The fourth-order valence-corrected chi connectivity index (χ4v) is 4.98. The van der Waals surface area contributed by atoms with Crippen LogP contribution in [0.2, 0.25) is 0 Å². The van der Waals surface area contributed by atoms with Crippen molar-refractivity contribution in [1.82, 2.24) is 14.9 Å². The number of aliphatic carboxylic acids is 1. The van der Waals surface area contributed by atoms with Crippen LogP contribution in [0.25, 0.3) is 0 Å². The van der Waals surface area contributed by atoms with Crippen molar-refractivity contribution in [2.75, 3.05) is 44.3 Å². The fourth-order valence-electron chi connectivity index (χ4n) is 4.98. The Morgan fingerprint density at radius 3 is 2.85 bits per heavy atom. The van der Waals surface area contributed by atoms with Crippen LogP contribution in [0.15, 0.2) is 12.5 Å². The predicted molar refractivity (Wildman–Crippen MR) is 97.2 cm³/mol. The number of anilines is 1. The van der Waals surface area contributed by atoms with Crippen LogP contribution in [0, 0.1) is 11.3 Å². The average molecular weight is 360 g/mol. The van der Waals surface area contributed by atoms with Gasteiger partial charge >= 0.3 is 5.97 Å². The molecule has 26 heavy (non-hydrogen) atoms. The maximum Gasteiger partial charge on any atom is 0.313 e. The molecule has 0 amide bonds. The number of carbonyl (C=O) groups is 1. The minimum atomic E-state index is -0.688. The third-order valence-corrected chi connectivity index (χ3v) is 6.35. The topological polar surface area (TPSA) is 78.8 Å². The SMILES string of the molecule is CCCc1cncnc1N1C[C@@H]2CN(C3CCOCC3)C[C@]2(C(=O)O)C1. The lowest BCUT2D eigenvalue weighted by Crippen LogP contribution is -2.44. The lowest BCUT2D eigenvalue weighted by molar-refractivity contribution is -0.148. The van der Waals surface area contributed by atoms with Crippen molar-refractivity contribution in [3.8, 4) is 0 Å². The molecule has 4 heterocycles. The number of carboxylic acid groups (broad SMARTS) is 1. The Labute approximate surface area is 154 Å². The van der Waals surface area contributed by atoms with Crippen molar-refractivity contribution in [2.45, 2.75) is 38.6 Å². The van der Waals surface area contributed by atoms with Crippen LogP contribution in [0.1, 0.15) is 31.7 Å². The highest BCUT2D eigenvalue weighted by Gasteiger charge is 2.58. The molecule has 7 nitrogen and oxygen atoms in total. The Bertz CT molecular complexity index is 664. The molecular weight excluding hydrogens is 332 g/mol. The van der Waals surface area contributed by atoms with Gasteiger partial charge in [0.15, 0.2) is 0 Å². The molecule has 3 aliphatic heterocycles. The molecule has 0 aromatic carbocycles. The van der Waals surface area contributed by atoms with Gasteiger partial charge in [-0.15, -0.1) is 0 Å². The molecule has 1 N–H and O–H groups in total. The van der Waals surface area contributed by atoms with Crippen molar-refractivity contribution in [2.24, 2.45) is 11.3 Å². The smallest absolute Gasteiger partial charge is 0.313 e. The normalized spacial score (nSPS) is 29.9. The molecule has 0 saturated carbocycles. The van der Waals surface area contributed by atoms with E-state index in [9.17, 15) is 9.90 Å². The first-order chi connectivity index (χ1) is 12.6. The van der Waals surface area contributed by atoms with Gasteiger partial charge in [-0.3, -0.25) is 9.69 Å².